The van der Waals surface area contributed by atoms with Crippen molar-refractivity contribution in [1.29, 1.82) is 0 Å². The molecule has 108 valence electrons. The van der Waals surface area contributed by atoms with Crippen LogP contribution in [0.15, 0.2) is 0 Å². The third-order valence-corrected chi connectivity index (χ3v) is 4.38. The lowest BCUT2D eigenvalue weighted by Gasteiger charge is -2.36. The van der Waals surface area contributed by atoms with E-state index in [1.807, 2.05) is 0 Å². The predicted molar refractivity (Wildman–Crippen MR) is 81.1 cm³/mol. The average Bonchev–Trinajstić information content (AvgIpc) is 2.81. The van der Waals surface area contributed by atoms with Crippen molar-refractivity contribution in [2.75, 3.05) is 26.2 Å². The zero-order valence-corrected chi connectivity index (χ0v) is 13.1. The fourth-order valence-electron chi connectivity index (χ4n) is 3.14. The molecule has 1 N–H and O–H groups in total. The van der Waals surface area contributed by atoms with E-state index in [2.05, 4.69) is 37.9 Å². The van der Waals surface area contributed by atoms with Gasteiger partial charge in [-0.1, -0.05) is 47.0 Å². The summed E-state index contributed by atoms with van der Waals surface area (Å²) in [6.45, 7) is 14.2. The number of unbranched alkanes of at least 4 members (excludes halogenated alkanes) is 1. The van der Waals surface area contributed by atoms with Crippen LogP contribution in [0.25, 0.3) is 0 Å². The molecule has 0 radical (unpaired) electrons. The molecule has 0 aromatic rings. The Morgan fingerprint density at radius 3 is 2.33 bits per heavy atom. The van der Waals surface area contributed by atoms with Crippen LogP contribution in [0.3, 0.4) is 0 Å². The highest BCUT2D eigenvalue weighted by molar-refractivity contribution is 4.89. The predicted octanol–water partition coefficient (Wildman–Crippen LogP) is 3.67. The van der Waals surface area contributed by atoms with E-state index in [1.165, 1.54) is 64.7 Å². The van der Waals surface area contributed by atoms with E-state index in [9.17, 15) is 0 Å². The highest BCUT2D eigenvalue weighted by Crippen LogP contribution is 2.38. The Hall–Kier alpha value is -0.0800. The summed E-state index contributed by atoms with van der Waals surface area (Å²) in [6.07, 6.45) is 8.39. The number of hydrogen-bond acceptors (Lipinski definition) is 2. The van der Waals surface area contributed by atoms with Crippen LogP contribution in [0, 0.1) is 5.41 Å². The van der Waals surface area contributed by atoms with Crippen molar-refractivity contribution in [2.24, 2.45) is 5.41 Å². The molecule has 0 amide bonds. The summed E-state index contributed by atoms with van der Waals surface area (Å²) in [5.74, 6) is 0. The minimum absolute atomic E-state index is 0.564. The molecule has 18 heavy (non-hydrogen) atoms. The molecule has 0 bridgehead atoms. The normalized spacial score (nSPS) is 19.0. The van der Waals surface area contributed by atoms with Gasteiger partial charge in [-0.05, 0) is 37.8 Å². The summed E-state index contributed by atoms with van der Waals surface area (Å²) in [6, 6.07) is 0.619. The second-order valence-corrected chi connectivity index (χ2v) is 6.47. The van der Waals surface area contributed by atoms with Crippen LogP contribution in [0.2, 0.25) is 0 Å². The Bertz CT molecular complexity index is 207. The summed E-state index contributed by atoms with van der Waals surface area (Å²) in [7, 11) is 0. The molecular formula is C16H34N2. The molecule has 1 saturated carbocycles. The molecule has 0 aromatic heterocycles. The summed E-state index contributed by atoms with van der Waals surface area (Å²) in [5.41, 5.74) is 0.564. The van der Waals surface area contributed by atoms with Gasteiger partial charge >= 0.3 is 0 Å². The second-order valence-electron chi connectivity index (χ2n) is 6.47. The van der Waals surface area contributed by atoms with Crippen molar-refractivity contribution in [3.63, 3.8) is 0 Å². The lowest BCUT2D eigenvalue weighted by molar-refractivity contribution is 0.149. The van der Waals surface area contributed by atoms with Crippen molar-refractivity contribution < 1.29 is 0 Å². The van der Waals surface area contributed by atoms with E-state index < -0.39 is 0 Å². The van der Waals surface area contributed by atoms with E-state index in [-0.39, 0.29) is 0 Å². The van der Waals surface area contributed by atoms with Crippen LogP contribution in [0.4, 0.5) is 0 Å². The van der Waals surface area contributed by atoms with E-state index in [1.54, 1.807) is 0 Å². The number of hydrogen-bond donors (Lipinski definition) is 1. The zero-order chi connectivity index (χ0) is 13.4. The Morgan fingerprint density at radius 2 is 1.83 bits per heavy atom. The third kappa shape index (κ3) is 5.27. The van der Waals surface area contributed by atoms with Gasteiger partial charge < -0.3 is 10.2 Å². The highest BCUT2D eigenvalue weighted by atomic mass is 15.1. The minimum atomic E-state index is 0.564. The first-order valence-corrected chi connectivity index (χ1v) is 8.07. The Kier molecular flexibility index (Phi) is 7.25. The van der Waals surface area contributed by atoms with E-state index in [0.717, 1.165) is 0 Å². The van der Waals surface area contributed by atoms with Gasteiger partial charge in [0, 0.05) is 19.1 Å². The molecule has 0 aromatic carbocycles. The van der Waals surface area contributed by atoms with Gasteiger partial charge in [0.1, 0.15) is 0 Å². The van der Waals surface area contributed by atoms with E-state index >= 15 is 0 Å². The number of nitrogens with zero attached hydrogens (tertiary/aromatic N) is 1. The SMILES string of the molecule is CCCCN(CC)CC1(CNC(C)C)CCCC1. The molecule has 0 aliphatic heterocycles. The smallest absolute Gasteiger partial charge is 0.00500 e. The lowest BCUT2D eigenvalue weighted by atomic mass is 9.85. The second kappa shape index (κ2) is 8.16. The molecule has 2 heteroatoms. The Morgan fingerprint density at radius 1 is 1.17 bits per heavy atom. The van der Waals surface area contributed by atoms with Crippen molar-refractivity contribution in [1.82, 2.24) is 10.2 Å². The molecule has 1 aliphatic rings. The first kappa shape index (κ1) is 16.0. The number of nitrogens with one attached hydrogen (secondary N) is 1. The molecule has 1 fully saturated rings. The summed E-state index contributed by atoms with van der Waals surface area (Å²) >= 11 is 0. The molecule has 0 spiro atoms. The standard InChI is InChI=1S/C16H34N2/c1-5-7-12-18(6-2)14-16(10-8-9-11-16)13-17-15(3)4/h15,17H,5-14H2,1-4H3. The van der Waals surface area contributed by atoms with Crippen molar-refractivity contribution in [3.8, 4) is 0 Å². The maximum atomic E-state index is 3.69. The van der Waals surface area contributed by atoms with Gasteiger partial charge in [0.2, 0.25) is 0 Å². The van der Waals surface area contributed by atoms with Crippen molar-refractivity contribution >= 4 is 0 Å². The van der Waals surface area contributed by atoms with Gasteiger partial charge in [0.25, 0.3) is 0 Å². The molecular weight excluding hydrogens is 220 g/mol. The largest absolute Gasteiger partial charge is 0.314 e. The third-order valence-electron chi connectivity index (χ3n) is 4.38. The zero-order valence-electron chi connectivity index (χ0n) is 13.1. The van der Waals surface area contributed by atoms with Crippen LogP contribution in [-0.4, -0.2) is 37.1 Å². The van der Waals surface area contributed by atoms with Crippen LogP contribution in [0.1, 0.15) is 66.2 Å². The average molecular weight is 254 g/mol. The van der Waals surface area contributed by atoms with Gasteiger partial charge in [-0.3, -0.25) is 0 Å². The van der Waals surface area contributed by atoms with E-state index in [4.69, 9.17) is 0 Å². The molecule has 0 atom stereocenters. The molecule has 2 nitrogen and oxygen atoms in total. The molecule has 1 aliphatic carbocycles. The van der Waals surface area contributed by atoms with Crippen molar-refractivity contribution in [3.05, 3.63) is 0 Å². The number of rotatable bonds is 9. The summed E-state index contributed by atoms with van der Waals surface area (Å²) < 4.78 is 0. The monoisotopic (exact) mass is 254 g/mol. The topological polar surface area (TPSA) is 15.3 Å². The first-order chi connectivity index (χ1) is 8.62. The maximum absolute atomic E-state index is 3.69. The van der Waals surface area contributed by atoms with Gasteiger partial charge in [-0.2, -0.15) is 0 Å². The van der Waals surface area contributed by atoms with Gasteiger partial charge in [0.05, 0.1) is 0 Å². The lowest BCUT2D eigenvalue weighted by Crippen LogP contribution is -2.44. The van der Waals surface area contributed by atoms with Crippen LogP contribution in [-0.2, 0) is 0 Å². The highest BCUT2D eigenvalue weighted by Gasteiger charge is 2.34. The molecule has 0 unspecified atom stereocenters. The van der Waals surface area contributed by atoms with Crippen molar-refractivity contribution in [2.45, 2.75) is 72.3 Å². The molecule has 1 rings (SSSR count). The van der Waals surface area contributed by atoms with Crippen LogP contribution < -0.4 is 5.32 Å². The summed E-state index contributed by atoms with van der Waals surface area (Å²) in [5, 5.41) is 3.69. The maximum Gasteiger partial charge on any atom is 0.00500 e. The quantitative estimate of drug-likeness (QED) is 0.675. The fraction of sp³-hybridized carbons (Fsp3) is 1.00. The van der Waals surface area contributed by atoms with Gasteiger partial charge in [0.15, 0.2) is 0 Å². The van der Waals surface area contributed by atoms with E-state index in [0.29, 0.717) is 11.5 Å². The fourth-order valence-corrected chi connectivity index (χ4v) is 3.14. The Balaban J connectivity index is 2.49. The first-order valence-electron chi connectivity index (χ1n) is 8.07. The van der Waals surface area contributed by atoms with Crippen LogP contribution in [0.5, 0.6) is 0 Å². The molecule has 0 heterocycles. The minimum Gasteiger partial charge on any atom is -0.314 e. The van der Waals surface area contributed by atoms with Gasteiger partial charge in [-0.25, -0.2) is 0 Å². The van der Waals surface area contributed by atoms with Gasteiger partial charge in [-0.15, -0.1) is 0 Å². The molecule has 0 saturated heterocycles. The Labute approximate surface area is 115 Å². The summed E-state index contributed by atoms with van der Waals surface area (Å²) in [4.78, 5) is 2.68. The van der Waals surface area contributed by atoms with Crippen LogP contribution >= 0.6 is 0 Å².